The van der Waals surface area contributed by atoms with Crippen molar-refractivity contribution in [2.75, 3.05) is 26.3 Å². The van der Waals surface area contributed by atoms with Crippen LogP contribution in [0.5, 0.6) is 0 Å². The number of aliphatic hydroxyl groups excluding tert-OH is 1. The first kappa shape index (κ1) is 14.6. The number of halogens is 1. The summed E-state index contributed by atoms with van der Waals surface area (Å²) in [5.74, 6) is -0.525. The van der Waals surface area contributed by atoms with E-state index in [9.17, 15) is 14.9 Å². The lowest BCUT2D eigenvalue weighted by Gasteiger charge is -2.31. The van der Waals surface area contributed by atoms with Gasteiger partial charge in [0.25, 0.3) is 11.6 Å². The van der Waals surface area contributed by atoms with Crippen LogP contribution in [0.4, 0.5) is 5.69 Å². The van der Waals surface area contributed by atoms with Crippen molar-refractivity contribution in [1.82, 2.24) is 9.88 Å². The normalized spacial score (nSPS) is 18.9. The monoisotopic (exact) mass is 301 g/mol. The number of carbonyl (C=O) groups is 1. The summed E-state index contributed by atoms with van der Waals surface area (Å²) in [6.07, 6.45) is 0.476. The fourth-order valence-electron chi connectivity index (χ4n) is 1.92. The molecule has 0 saturated carbocycles. The molecule has 0 spiro atoms. The predicted octanol–water partition coefficient (Wildman–Crippen LogP) is 0.477. The molecule has 1 aromatic heterocycles. The number of hydrogen-bond donors (Lipinski definition) is 1. The average Bonchev–Trinajstić information content (AvgIpc) is 2.46. The zero-order valence-corrected chi connectivity index (χ0v) is 11.1. The fraction of sp³-hybridized carbons (Fsp3) is 0.455. The van der Waals surface area contributed by atoms with E-state index in [1.165, 1.54) is 11.0 Å². The van der Waals surface area contributed by atoms with E-state index in [1.807, 2.05) is 0 Å². The van der Waals surface area contributed by atoms with Crippen molar-refractivity contribution in [2.45, 2.75) is 6.10 Å². The Morgan fingerprint density at radius 2 is 2.45 bits per heavy atom. The van der Waals surface area contributed by atoms with Crippen molar-refractivity contribution < 1.29 is 19.6 Å². The van der Waals surface area contributed by atoms with E-state index in [2.05, 4.69) is 4.98 Å². The third kappa shape index (κ3) is 3.03. The zero-order chi connectivity index (χ0) is 14.7. The number of morpholine rings is 1. The van der Waals surface area contributed by atoms with Gasteiger partial charge in [-0.15, -0.1) is 0 Å². The predicted molar refractivity (Wildman–Crippen MR) is 68.6 cm³/mol. The third-order valence-corrected chi connectivity index (χ3v) is 3.11. The van der Waals surface area contributed by atoms with Crippen LogP contribution < -0.4 is 0 Å². The summed E-state index contributed by atoms with van der Waals surface area (Å²) >= 11 is 5.69. The molecule has 1 aromatic rings. The first-order chi connectivity index (χ1) is 9.52. The fourth-order valence-corrected chi connectivity index (χ4v) is 2.08. The Morgan fingerprint density at radius 1 is 1.70 bits per heavy atom. The maximum Gasteiger partial charge on any atom is 0.300 e. The van der Waals surface area contributed by atoms with Gasteiger partial charge in [-0.3, -0.25) is 14.9 Å². The van der Waals surface area contributed by atoms with E-state index >= 15 is 0 Å². The van der Waals surface area contributed by atoms with E-state index in [1.54, 1.807) is 0 Å². The molecular weight excluding hydrogens is 290 g/mol. The summed E-state index contributed by atoms with van der Waals surface area (Å²) in [4.78, 5) is 27.6. The Kier molecular flexibility index (Phi) is 4.48. The van der Waals surface area contributed by atoms with Gasteiger partial charge < -0.3 is 14.7 Å². The summed E-state index contributed by atoms with van der Waals surface area (Å²) in [6.45, 7) is 0.519. The van der Waals surface area contributed by atoms with Crippen molar-refractivity contribution in [2.24, 2.45) is 0 Å². The van der Waals surface area contributed by atoms with Crippen molar-refractivity contribution in [1.29, 1.82) is 0 Å². The van der Waals surface area contributed by atoms with Gasteiger partial charge in [0.2, 0.25) is 0 Å². The molecule has 1 unspecified atom stereocenters. The molecule has 0 radical (unpaired) electrons. The van der Waals surface area contributed by atoms with Crippen molar-refractivity contribution in [3.8, 4) is 0 Å². The molecule has 2 heterocycles. The summed E-state index contributed by atoms with van der Waals surface area (Å²) in [7, 11) is 0. The SMILES string of the molecule is O=C(c1cc(Cl)ncc1[N+](=O)[O-])N1CCOC(CO)C1. The van der Waals surface area contributed by atoms with Gasteiger partial charge in [0.1, 0.15) is 16.9 Å². The van der Waals surface area contributed by atoms with Crippen LogP contribution in [-0.4, -0.2) is 58.2 Å². The summed E-state index contributed by atoms with van der Waals surface area (Å²) < 4.78 is 5.23. The van der Waals surface area contributed by atoms with Crippen LogP contribution in [0.2, 0.25) is 5.15 Å². The second kappa shape index (κ2) is 6.12. The van der Waals surface area contributed by atoms with E-state index in [0.717, 1.165) is 6.20 Å². The topological polar surface area (TPSA) is 106 Å². The highest BCUT2D eigenvalue weighted by Gasteiger charge is 2.29. The van der Waals surface area contributed by atoms with Gasteiger partial charge in [0.05, 0.1) is 24.2 Å². The minimum Gasteiger partial charge on any atom is -0.394 e. The van der Waals surface area contributed by atoms with Crippen LogP contribution in [0.25, 0.3) is 0 Å². The molecular formula is C11H12ClN3O5. The second-order valence-corrected chi connectivity index (χ2v) is 4.60. The van der Waals surface area contributed by atoms with E-state index in [-0.39, 0.29) is 30.5 Å². The Bertz CT molecular complexity index is 539. The van der Waals surface area contributed by atoms with Gasteiger partial charge in [-0.1, -0.05) is 11.6 Å². The van der Waals surface area contributed by atoms with Gasteiger partial charge in [-0.2, -0.15) is 0 Å². The summed E-state index contributed by atoms with van der Waals surface area (Å²) in [6, 6.07) is 1.17. The number of hydrogen-bond acceptors (Lipinski definition) is 6. The highest BCUT2D eigenvalue weighted by molar-refractivity contribution is 6.29. The summed E-state index contributed by atoms with van der Waals surface area (Å²) in [5, 5.41) is 20.0. The third-order valence-electron chi connectivity index (χ3n) is 2.91. The number of carbonyl (C=O) groups excluding carboxylic acids is 1. The maximum absolute atomic E-state index is 12.3. The molecule has 9 heteroatoms. The molecule has 0 aliphatic carbocycles. The molecule has 0 bridgehead atoms. The second-order valence-electron chi connectivity index (χ2n) is 4.21. The molecule has 1 aliphatic rings. The van der Waals surface area contributed by atoms with Gasteiger partial charge in [0, 0.05) is 13.1 Å². The minimum atomic E-state index is -0.680. The molecule has 1 N–H and O–H groups in total. The molecule has 0 aromatic carbocycles. The van der Waals surface area contributed by atoms with Crippen LogP contribution in [-0.2, 0) is 4.74 Å². The molecule has 1 amide bonds. The van der Waals surface area contributed by atoms with Gasteiger partial charge >= 0.3 is 0 Å². The van der Waals surface area contributed by atoms with Crippen LogP contribution in [0.15, 0.2) is 12.3 Å². The molecule has 2 rings (SSSR count). The van der Waals surface area contributed by atoms with Gasteiger partial charge in [-0.25, -0.2) is 4.98 Å². The Morgan fingerprint density at radius 3 is 3.10 bits per heavy atom. The van der Waals surface area contributed by atoms with Gasteiger partial charge in [-0.05, 0) is 6.07 Å². The maximum atomic E-state index is 12.3. The van der Waals surface area contributed by atoms with Crippen LogP contribution >= 0.6 is 11.6 Å². The molecule has 8 nitrogen and oxygen atoms in total. The number of aliphatic hydroxyl groups is 1. The lowest BCUT2D eigenvalue weighted by Crippen LogP contribution is -2.47. The lowest BCUT2D eigenvalue weighted by molar-refractivity contribution is -0.385. The number of pyridine rings is 1. The Balaban J connectivity index is 2.28. The first-order valence-corrected chi connectivity index (χ1v) is 6.22. The standard InChI is InChI=1S/C11H12ClN3O5/c12-10-3-8(9(4-13-10)15(18)19)11(17)14-1-2-20-7(5-14)6-16/h3-4,7,16H,1-2,5-6H2. The smallest absolute Gasteiger partial charge is 0.300 e. The van der Waals surface area contributed by atoms with Crippen LogP contribution in [0.1, 0.15) is 10.4 Å². The lowest BCUT2D eigenvalue weighted by atomic mass is 10.1. The molecule has 1 aliphatic heterocycles. The highest BCUT2D eigenvalue weighted by atomic mass is 35.5. The number of nitrogens with zero attached hydrogens (tertiary/aromatic N) is 3. The van der Waals surface area contributed by atoms with E-state index < -0.39 is 22.6 Å². The Labute approximate surface area is 119 Å². The number of ether oxygens (including phenoxy) is 1. The number of nitro groups is 1. The molecule has 1 fully saturated rings. The van der Waals surface area contributed by atoms with E-state index in [4.69, 9.17) is 21.4 Å². The molecule has 108 valence electrons. The van der Waals surface area contributed by atoms with Crippen molar-refractivity contribution >= 4 is 23.2 Å². The number of aromatic nitrogens is 1. The number of rotatable bonds is 3. The molecule has 1 atom stereocenters. The van der Waals surface area contributed by atoms with Crippen LogP contribution in [0, 0.1) is 10.1 Å². The van der Waals surface area contributed by atoms with Gasteiger partial charge in [0.15, 0.2) is 0 Å². The zero-order valence-electron chi connectivity index (χ0n) is 10.4. The Hall–Kier alpha value is -1.77. The minimum absolute atomic E-state index is 0.00548. The van der Waals surface area contributed by atoms with Crippen molar-refractivity contribution in [3.05, 3.63) is 33.1 Å². The summed E-state index contributed by atoms with van der Waals surface area (Å²) in [5.41, 5.74) is -0.514. The largest absolute Gasteiger partial charge is 0.394 e. The molecule has 20 heavy (non-hydrogen) atoms. The first-order valence-electron chi connectivity index (χ1n) is 5.84. The average molecular weight is 302 g/mol. The van der Waals surface area contributed by atoms with E-state index in [0.29, 0.717) is 6.54 Å². The van der Waals surface area contributed by atoms with Crippen LogP contribution in [0.3, 0.4) is 0 Å². The highest BCUT2D eigenvalue weighted by Crippen LogP contribution is 2.22. The van der Waals surface area contributed by atoms with Crippen molar-refractivity contribution in [3.63, 3.8) is 0 Å². The molecule has 1 saturated heterocycles. The quantitative estimate of drug-likeness (QED) is 0.494. The number of amides is 1.